The Kier molecular flexibility index (Phi) is 4.41. The molecule has 1 heteroatoms. The fraction of sp³-hybridized carbons (Fsp3) is 0.0476. The second kappa shape index (κ2) is 6.64. The second-order valence-corrected chi connectivity index (χ2v) is 5.67. The third kappa shape index (κ3) is 3.13. The Morgan fingerprint density at radius 2 is 1.05 bits per heavy atom. The van der Waals surface area contributed by atoms with Crippen LogP contribution >= 0.6 is 11.6 Å². The molecule has 0 unspecified atom stereocenters. The predicted molar refractivity (Wildman–Crippen MR) is 95.8 cm³/mol. The molecule has 0 atom stereocenters. The molecule has 0 saturated heterocycles. The highest BCUT2D eigenvalue weighted by Gasteiger charge is 2.11. The molecule has 0 amide bonds. The summed E-state index contributed by atoms with van der Waals surface area (Å²) in [5.41, 5.74) is 5.58. The molecular formula is C21H17Cl. The fourth-order valence-corrected chi connectivity index (χ4v) is 2.82. The largest absolute Gasteiger partial charge is 0.0830 e. The van der Waals surface area contributed by atoms with Crippen LogP contribution in [0, 0.1) is 6.92 Å². The molecule has 108 valence electrons. The molecule has 0 aliphatic heterocycles. The van der Waals surface area contributed by atoms with Crippen molar-refractivity contribution in [3.8, 4) is 0 Å². The van der Waals surface area contributed by atoms with Gasteiger partial charge >= 0.3 is 0 Å². The summed E-state index contributed by atoms with van der Waals surface area (Å²) >= 11 is 6.77. The van der Waals surface area contributed by atoms with E-state index in [4.69, 9.17) is 11.6 Å². The fourth-order valence-electron chi connectivity index (χ4n) is 2.47. The molecule has 0 heterocycles. The molecule has 0 bridgehead atoms. The van der Waals surface area contributed by atoms with Crippen LogP contribution in [0.2, 0.25) is 0 Å². The van der Waals surface area contributed by atoms with E-state index >= 15 is 0 Å². The van der Waals surface area contributed by atoms with Crippen molar-refractivity contribution in [3.63, 3.8) is 0 Å². The quantitative estimate of drug-likeness (QED) is 0.509. The van der Waals surface area contributed by atoms with Gasteiger partial charge in [0, 0.05) is 5.57 Å². The van der Waals surface area contributed by atoms with E-state index in [1.165, 1.54) is 5.56 Å². The van der Waals surface area contributed by atoms with Crippen LogP contribution < -0.4 is 0 Å². The molecule has 0 aliphatic carbocycles. The van der Waals surface area contributed by atoms with Crippen molar-refractivity contribution in [3.05, 3.63) is 107 Å². The van der Waals surface area contributed by atoms with E-state index < -0.39 is 0 Å². The lowest BCUT2D eigenvalue weighted by Gasteiger charge is -2.12. The number of hydrogen-bond donors (Lipinski definition) is 0. The van der Waals surface area contributed by atoms with Crippen LogP contribution in [0.15, 0.2) is 84.9 Å². The Balaban J connectivity index is 2.21. The summed E-state index contributed by atoms with van der Waals surface area (Å²) in [4.78, 5) is 0. The molecule has 0 radical (unpaired) electrons. The number of rotatable bonds is 3. The van der Waals surface area contributed by atoms with E-state index in [1.807, 2.05) is 36.4 Å². The highest BCUT2D eigenvalue weighted by molar-refractivity contribution is 6.53. The summed E-state index contributed by atoms with van der Waals surface area (Å²) in [7, 11) is 0. The molecule has 0 fully saturated rings. The molecular weight excluding hydrogens is 288 g/mol. The molecule has 0 nitrogen and oxygen atoms in total. The van der Waals surface area contributed by atoms with E-state index in [0.29, 0.717) is 0 Å². The number of aryl methyl sites for hydroxylation is 1. The van der Waals surface area contributed by atoms with E-state index in [1.54, 1.807) is 0 Å². The zero-order valence-electron chi connectivity index (χ0n) is 12.5. The zero-order valence-corrected chi connectivity index (χ0v) is 13.2. The lowest BCUT2D eigenvalue weighted by Crippen LogP contribution is -1.91. The maximum Gasteiger partial charge on any atom is 0.0562 e. The molecule has 3 rings (SSSR count). The summed E-state index contributed by atoms with van der Waals surface area (Å²) in [5, 5.41) is 0.775. The van der Waals surface area contributed by atoms with Gasteiger partial charge in [0.15, 0.2) is 0 Å². The van der Waals surface area contributed by atoms with E-state index in [2.05, 4.69) is 55.5 Å². The standard InChI is InChI=1S/C21H17Cl/c1-16-12-14-19(15-13-16)21(22)20(17-8-4-2-5-9-17)18-10-6-3-7-11-18/h2-15H,1H3. The van der Waals surface area contributed by atoms with Crippen molar-refractivity contribution in [1.29, 1.82) is 0 Å². The summed E-state index contributed by atoms with van der Waals surface area (Å²) in [6, 6.07) is 28.9. The Bertz CT molecular complexity index is 728. The average molecular weight is 305 g/mol. The van der Waals surface area contributed by atoms with Crippen LogP contribution in [0.4, 0.5) is 0 Å². The molecule has 3 aromatic rings. The SMILES string of the molecule is Cc1ccc(C(Cl)=C(c2ccccc2)c2ccccc2)cc1. The summed E-state index contributed by atoms with van der Waals surface area (Å²) in [6.45, 7) is 2.08. The first-order valence-corrected chi connectivity index (χ1v) is 7.71. The monoisotopic (exact) mass is 304 g/mol. The first-order valence-electron chi connectivity index (χ1n) is 7.33. The zero-order chi connectivity index (χ0) is 15.4. The van der Waals surface area contributed by atoms with Gasteiger partial charge in [0.1, 0.15) is 0 Å². The Hall–Kier alpha value is -2.31. The van der Waals surface area contributed by atoms with E-state index in [9.17, 15) is 0 Å². The number of benzene rings is 3. The van der Waals surface area contributed by atoms with Crippen molar-refractivity contribution in [1.82, 2.24) is 0 Å². The van der Waals surface area contributed by atoms with Gasteiger partial charge in [0.25, 0.3) is 0 Å². The minimum atomic E-state index is 0.775. The van der Waals surface area contributed by atoms with Crippen molar-refractivity contribution in [2.45, 2.75) is 6.92 Å². The summed E-state index contributed by atoms with van der Waals surface area (Å²) in [6.07, 6.45) is 0. The van der Waals surface area contributed by atoms with Crippen LogP contribution in [0.5, 0.6) is 0 Å². The number of hydrogen-bond acceptors (Lipinski definition) is 0. The smallest absolute Gasteiger partial charge is 0.0562 e. The predicted octanol–water partition coefficient (Wildman–Crippen LogP) is 6.15. The van der Waals surface area contributed by atoms with Gasteiger partial charge in [-0.05, 0) is 23.6 Å². The minimum Gasteiger partial charge on any atom is -0.0830 e. The van der Waals surface area contributed by atoms with Crippen LogP contribution in [-0.2, 0) is 0 Å². The van der Waals surface area contributed by atoms with Gasteiger partial charge in [-0.15, -0.1) is 0 Å². The van der Waals surface area contributed by atoms with Crippen LogP contribution in [0.1, 0.15) is 22.3 Å². The Morgan fingerprint density at radius 1 is 0.591 bits per heavy atom. The molecule has 0 N–H and O–H groups in total. The minimum absolute atomic E-state index is 0.775. The van der Waals surface area contributed by atoms with Gasteiger partial charge in [-0.25, -0.2) is 0 Å². The second-order valence-electron chi connectivity index (χ2n) is 5.29. The Morgan fingerprint density at radius 3 is 1.50 bits per heavy atom. The average Bonchev–Trinajstić information content (AvgIpc) is 2.57. The Labute approximate surface area is 136 Å². The molecule has 0 aliphatic rings. The molecule has 22 heavy (non-hydrogen) atoms. The van der Waals surface area contributed by atoms with Gasteiger partial charge < -0.3 is 0 Å². The van der Waals surface area contributed by atoms with Gasteiger partial charge in [-0.2, -0.15) is 0 Å². The van der Waals surface area contributed by atoms with Crippen molar-refractivity contribution < 1.29 is 0 Å². The first-order chi connectivity index (χ1) is 10.8. The summed E-state index contributed by atoms with van der Waals surface area (Å²) < 4.78 is 0. The lowest BCUT2D eigenvalue weighted by molar-refractivity contribution is 1.46. The first kappa shape index (κ1) is 14.6. The normalized spacial score (nSPS) is 10.3. The maximum absolute atomic E-state index is 6.77. The summed E-state index contributed by atoms with van der Waals surface area (Å²) in [5.74, 6) is 0. The topological polar surface area (TPSA) is 0 Å². The van der Waals surface area contributed by atoms with Crippen LogP contribution in [0.3, 0.4) is 0 Å². The highest BCUT2D eigenvalue weighted by atomic mass is 35.5. The lowest BCUT2D eigenvalue weighted by atomic mass is 9.95. The van der Waals surface area contributed by atoms with Crippen LogP contribution in [0.25, 0.3) is 10.6 Å². The third-order valence-corrected chi connectivity index (χ3v) is 4.06. The molecule has 0 aromatic heterocycles. The van der Waals surface area contributed by atoms with Crippen molar-refractivity contribution in [2.75, 3.05) is 0 Å². The van der Waals surface area contributed by atoms with Crippen LogP contribution in [-0.4, -0.2) is 0 Å². The molecule has 3 aromatic carbocycles. The highest BCUT2D eigenvalue weighted by Crippen LogP contribution is 2.34. The van der Waals surface area contributed by atoms with Crippen molar-refractivity contribution >= 4 is 22.2 Å². The molecule has 0 saturated carbocycles. The number of halogens is 1. The molecule has 0 spiro atoms. The van der Waals surface area contributed by atoms with E-state index in [0.717, 1.165) is 27.3 Å². The van der Waals surface area contributed by atoms with Gasteiger partial charge in [-0.3, -0.25) is 0 Å². The van der Waals surface area contributed by atoms with Crippen molar-refractivity contribution in [2.24, 2.45) is 0 Å². The third-order valence-electron chi connectivity index (χ3n) is 3.65. The van der Waals surface area contributed by atoms with Gasteiger partial charge in [-0.1, -0.05) is 102 Å². The van der Waals surface area contributed by atoms with E-state index in [-0.39, 0.29) is 0 Å². The van der Waals surface area contributed by atoms with Gasteiger partial charge in [0.05, 0.1) is 5.03 Å². The maximum atomic E-state index is 6.77. The van der Waals surface area contributed by atoms with Gasteiger partial charge in [0.2, 0.25) is 0 Å².